The zero-order valence-electron chi connectivity index (χ0n) is 12.7. The third-order valence-electron chi connectivity index (χ3n) is 4.43. The van der Waals surface area contributed by atoms with Crippen molar-refractivity contribution in [1.82, 2.24) is 0 Å². The molecule has 1 N–H and O–H groups in total. The molecule has 3 aromatic rings. The van der Waals surface area contributed by atoms with Crippen molar-refractivity contribution in [3.05, 3.63) is 102 Å². The van der Waals surface area contributed by atoms with E-state index >= 15 is 0 Å². The quantitative estimate of drug-likeness (QED) is 0.659. The summed E-state index contributed by atoms with van der Waals surface area (Å²) in [4.78, 5) is 0. The Labute approximate surface area is 131 Å². The second kappa shape index (κ2) is 6.07. The van der Waals surface area contributed by atoms with Crippen molar-refractivity contribution in [3.63, 3.8) is 0 Å². The molecule has 0 aliphatic carbocycles. The highest BCUT2D eigenvalue weighted by Gasteiger charge is 2.36. The maximum absolute atomic E-state index is 10.5. The molecular weight excluding hydrogens is 268 g/mol. The van der Waals surface area contributed by atoms with Gasteiger partial charge in [-0.15, -0.1) is 0 Å². The van der Waals surface area contributed by atoms with Gasteiger partial charge in [0.2, 0.25) is 0 Å². The monoisotopic (exact) mass is 288 g/mol. The molecule has 0 atom stereocenters. The van der Waals surface area contributed by atoms with Crippen molar-refractivity contribution < 1.29 is 5.11 Å². The Morgan fingerprint density at radius 3 is 1.59 bits per heavy atom. The SMILES string of the molecule is CCC(c1ccccc1)(c1ccccc1)c1ccccc1O. The zero-order chi connectivity index (χ0) is 15.4. The van der Waals surface area contributed by atoms with E-state index in [-0.39, 0.29) is 5.41 Å². The first-order valence-electron chi connectivity index (χ1n) is 7.68. The van der Waals surface area contributed by atoms with Gasteiger partial charge < -0.3 is 5.11 Å². The van der Waals surface area contributed by atoms with Crippen molar-refractivity contribution in [2.45, 2.75) is 18.8 Å². The molecule has 1 heteroatoms. The Bertz CT molecular complexity index is 693. The van der Waals surface area contributed by atoms with Crippen LogP contribution in [0, 0.1) is 0 Å². The molecule has 0 bridgehead atoms. The van der Waals surface area contributed by atoms with Crippen LogP contribution in [0.4, 0.5) is 0 Å². The lowest BCUT2D eigenvalue weighted by Gasteiger charge is -2.35. The number of hydrogen-bond acceptors (Lipinski definition) is 1. The van der Waals surface area contributed by atoms with E-state index in [9.17, 15) is 5.11 Å². The number of aromatic hydroxyl groups is 1. The van der Waals surface area contributed by atoms with Crippen LogP contribution in [-0.4, -0.2) is 5.11 Å². The maximum atomic E-state index is 10.5. The minimum atomic E-state index is -0.339. The van der Waals surface area contributed by atoms with Crippen LogP contribution in [0.25, 0.3) is 0 Å². The van der Waals surface area contributed by atoms with Crippen molar-refractivity contribution in [1.29, 1.82) is 0 Å². The van der Waals surface area contributed by atoms with Crippen LogP contribution in [0.3, 0.4) is 0 Å². The van der Waals surface area contributed by atoms with E-state index in [4.69, 9.17) is 0 Å². The van der Waals surface area contributed by atoms with Crippen molar-refractivity contribution in [2.24, 2.45) is 0 Å². The van der Waals surface area contributed by atoms with E-state index in [0.29, 0.717) is 5.75 Å². The molecular formula is C21H20O. The lowest BCUT2D eigenvalue weighted by molar-refractivity contribution is 0.449. The van der Waals surface area contributed by atoms with Gasteiger partial charge in [-0.3, -0.25) is 0 Å². The van der Waals surface area contributed by atoms with Crippen LogP contribution in [0.5, 0.6) is 5.75 Å². The predicted octanol–water partition coefficient (Wildman–Crippen LogP) is 5.14. The Morgan fingerprint density at radius 2 is 1.14 bits per heavy atom. The maximum Gasteiger partial charge on any atom is 0.120 e. The largest absolute Gasteiger partial charge is 0.508 e. The van der Waals surface area contributed by atoms with Crippen LogP contribution in [0.2, 0.25) is 0 Å². The first-order chi connectivity index (χ1) is 10.8. The summed E-state index contributed by atoms with van der Waals surface area (Å²) in [6.07, 6.45) is 0.874. The van der Waals surface area contributed by atoms with E-state index in [0.717, 1.165) is 12.0 Å². The smallest absolute Gasteiger partial charge is 0.120 e. The molecule has 0 fully saturated rings. The van der Waals surface area contributed by atoms with Gasteiger partial charge in [-0.05, 0) is 23.6 Å². The summed E-state index contributed by atoms with van der Waals surface area (Å²) in [6, 6.07) is 28.5. The molecule has 0 amide bonds. The standard InChI is InChI=1S/C21H20O/c1-2-21(17-11-5-3-6-12-17,18-13-7-4-8-14-18)19-15-9-10-16-20(19)22/h3-16,22H,2H2,1H3. The number of rotatable bonds is 4. The lowest BCUT2D eigenvalue weighted by Crippen LogP contribution is -2.28. The number of para-hydroxylation sites is 1. The van der Waals surface area contributed by atoms with Gasteiger partial charge in [0.25, 0.3) is 0 Å². The zero-order valence-corrected chi connectivity index (χ0v) is 12.7. The third-order valence-corrected chi connectivity index (χ3v) is 4.43. The van der Waals surface area contributed by atoms with Gasteiger partial charge >= 0.3 is 0 Å². The first kappa shape index (κ1) is 14.4. The fourth-order valence-electron chi connectivity index (χ4n) is 3.36. The minimum absolute atomic E-state index is 0.339. The highest BCUT2D eigenvalue weighted by atomic mass is 16.3. The first-order valence-corrected chi connectivity index (χ1v) is 7.68. The summed E-state index contributed by atoms with van der Waals surface area (Å²) in [5.41, 5.74) is 3.01. The molecule has 0 radical (unpaired) electrons. The summed E-state index contributed by atoms with van der Waals surface area (Å²) in [5.74, 6) is 0.344. The number of phenols is 1. The van der Waals surface area contributed by atoms with Gasteiger partial charge in [-0.25, -0.2) is 0 Å². The van der Waals surface area contributed by atoms with Crippen molar-refractivity contribution in [2.75, 3.05) is 0 Å². The van der Waals surface area contributed by atoms with Crippen LogP contribution in [0.1, 0.15) is 30.0 Å². The van der Waals surface area contributed by atoms with Gasteiger partial charge in [0.05, 0.1) is 0 Å². The predicted molar refractivity (Wildman–Crippen MR) is 91.2 cm³/mol. The van der Waals surface area contributed by atoms with Gasteiger partial charge in [-0.2, -0.15) is 0 Å². The molecule has 1 nitrogen and oxygen atoms in total. The normalized spacial score (nSPS) is 11.3. The van der Waals surface area contributed by atoms with E-state index in [2.05, 4.69) is 55.5 Å². The molecule has 3 rings (SSSR count). The molecule has 0 saturated carbocycles. The highest BCUT2D eigenvalue weighted by molar-refractivity contribution is 5.54. The summed E-state index contributed by atoms with van der Waals surface area (Å²) in [6.45, 7) is 2.17. The topological polar surface area (TPSA) is 20.2 Å². The van der Waals surface area contributed by atoms with E-state index < -0.39 is 0 Å². The Morgan fingerprint density at radius 1 is 0.682 bits per heavy atom. The van der Waals surface area contributed by atoms with Gasteiger partial charge in [0.1, 0.15) is 5.75 Å². The average Bonchev–Trinajstić information content (AvgIpc) is 2.59. The number of benzene rings is 3. The molecule has 0 aliphatic heterocycles. The molecule has 0 unspecified atom stereocenters. The van der Waals surface area contributed by atoms with Gasteiger partial charge in [0, 0.05) is 11.0 Å². The fraction of sp³-hybridized carbons (Fsp3) is 0.143. The Hall–Kier alpha value is -2.54. The average molecular weight is 288 g/mol. The van der Waals surface area contributed by atoms with Crippen LogP contribution in [0.15, 0.2) is 84.9 Å². The number of hydrogen-bond donors (Lipinski definition) is 1. The Balaban J connectivity index is 2.34. The molecule has 110 valence electrons. The molecule has 0 spiro atoms. The van der Waals surface area contributed by atoms with Crippen LogP contribution in [-0.2, 0) is 5.41 Å². The van der Waals surface area contributed by atoms with Crippen LogP contribution >= 0.6 is 0 Å². The molecule has 0 aliphatic rings. The Kier molecular flexibility index (Phi) is 3.97. The molecule has 0 aromatic heterocycles. The molecule has 0 saturated heterocycles. The third kappa shape index (κ3) is 2.29. The van der Waals surface area contributed by atoms with E-state index in [1.165, 1.54) is 11.1 Å². The van der Waals surface area contributed by atoms with E-state index in [1.54, 1.807) is 6.07 Å². The summed E-state index contributed by atoms with van der Waals surface area (Å²) in [7, 11) is 0. The van der Waals surface area contributed by atoms with Gasteiger partial charge in [0.15, 0.2) is 0 Å². The molecule has 22 heavy (non-hydrogen) atoms. The second-order valence-electron chi connectivity index (χ2n) is 5.51. The molecule has 0 heterocycles. The van der Waals surface area contributed by atoms with E-state index in [1.807, 2.05) is 30.3 Å². The second-order valence-corrected chi connectivity index (χ2v) is 5.51. The fourth-order valence-corrected chi connectivity index (χ4v) is 3.36. The lowest BCUT2D eigenvalue weighted by atomic mass is 9.67. The van der Waals surface area contributed by atoms with Crippen LogP contribution < -0.4 is 0 Å². The van der Waals surface area contributed by atoms with Gasteiger partial charge in [-0.1, -0.05) is 85.8 Å². The van der Waals surface area contributed by atoms with Crippen molar-refractivity contribution >= 4 is 0 Å². The van der Waals surface area contributed by atoms with Crippen molar-refractivity contribution in [3.8, 4) is 5.75 Å². The summed E-state index contributed by atoms with van der Waals surface area (Å²) >= 11 is 0. The minimum Gasteiger partial charge on any atom is -0.508 e. The summed E-state index contributed by atoms with van der Waals surface area (Å²) in [5, 5.41) is 10.5. The highest BCUT2D eigenvalue weighted by Crippen LogP contribution is 2.45. The molecule has 3 aromatic carbocycles. The number of phenolic OH excluding ortho intramolecular Hbond substituents is 1. The summed E-state index contributed by atoms with van der Waals surface area (Å²) < 4.78 is 0.